The summed E-state index contributed by atoms with van der Waals surface area (Å²) in [5.74, 6) is 0. The van der Waals surface area contributed by atoms with Gasteiger partial charge in [-0.05, 0) is 18.6 Å². The molecule has 2 aromatic heterocycles. The summed E-state index contributed by atoms with van der Waals surface area (Å²) in [6.07, 6.45) is 4.68. The van der Waals surface area contributed by atoms with Crippen molar-refractivity contribution in [1.29, 1.82) is 0 Å². The molecule has 0 atom stereocenters. The van der Waals surface area contributed by atoms with E-state index in [0.29, 0.717) is 5.69 Å². The molecule has 2 heterocycles. The molecular formula is C12H16N4S. The van der Waals surface area contributed by atoms with Gasteiger partial charge >= 0.3 is 0 Å². The predicted molar refractivity (Wildman–Crippen MR) is 70.7 cm³/mol. The van der Waals surface area contributed by atoms with Crippen LogP contribution in [0.5, 0.6) is 0 Å². The maximum Gasteiger partial charge on any atom is 0.107 e. The maximum absolute atomic E-state index is 5.57. The summed E-state index contributed by atoms with van der Waals surface area (Å²) >= 11 is 1.76. The van der Waals surface area contributed by atoms with Crippen molar-refractivity contribution >= 4 is 17.0 Å². The van der Waals surface area contributed by atoms with Crippen molar-refractivity contribution in [2.45, 2.75) is 26.4 Å². The van der Waals surface area contributed by atoms with Crippen molar-refractivity contribution in [2.75, 3.05) is 5.73 Å². The maximum atomic E-state index is 5.57. The molecule has 0 bridgehead atoms. The molecule has 90 valence electrons. The molecule has 0 unspecified atom stereocenters. The third-order valence-corrected chi connectivity index (χ3v) is 3.52. The van der Waals surface area contributed by atoms with E-state index in [4.69, 9.17) is 5.73 Å². The van der Waals surface area contributed by atoms with Gasteiger partial charge in [0.05, 0.1) is 17.6 Å². The quantitative estimate of drug-likeness (QED) is 0.849. The number of nitrogens with one attached hydrogen (secondary N) is 1. The smallest absolute Gasteiger partial charge is 0.107 e. The minimum Gasteiger partial charge on any atom is -0.397 e. The first-order valence-corrected chi connectivity index (χ1v) is 6.44. The largest absolute Gasteiger partial charge is 0.397 e. The van der Waals surface area contributed by atoms with E-state index in [9.17, 15) is 0 Å². The van der Waals surface area contributed by atoms with Gasteiger partial charge in [0.1, 0.15) is 5.01 Å². The van der Waals surface area contributed by atoms with Gasteiger partial charge in [-0.3, -0.25) is 4.98 Å². The van der Waals surface area contributed by atoms with Gasteiger partial charge in [-0.2, -0.15) is 0 Å². The molecule has 0 aliphatic rings. The van der Waals surface area contributed by atoms with Crippen LogP contribution >= 0.6 is 11.3 Å². The zero-order chi connectivity index (χ0) is 12.1. The molecule has 5 heteroatoms. The second kappa shape index (κ2) is 5.75. The van der Waals surface area contributed by atoms with Gasteiger partial charge in [-0.1, -0.05) is 6.92 Å². The number of nitrogen functional groups attached to an aromatic ring is 1. The lowest BCUT2D eigenvalue weighted by molar-refractivity contribution is 0.677. The van der Waals surface area contributed by atoms with Crippen molar-refractivity contribution in [1.82, 2.24) is 15.3 Å². The molecule has 0 spiro atoms. The Morgan fingerprint density at radius 3 is 2.76 bits per heavy atom. The number of nitrogens with zero attached hydrogens (tertiary/aromatic N) is 2. The van der Waals surface area contributed by atoms with E-state index in [1.807, 2.05) is 18.3 Å². The number of hydrogen-bond donors (Lipinski definition) is 2. The Morgan fingerprint density at radius 2 is 2.12 bits per heavy atom. The highest BCUT2D eigenvalue weighted by atomic mass is 32.1. The van der Waals surface area contributed by atoms with Crippen LogP contribution in [0.25, 0.3) is 0 Å². The highest BCUT2D eigenvalue weighted by molar-refractivity contribution is 7.11. The van der Waals surface area contributed by atoms with Gasteiger partial charge in [-0.25, -0.2) is 4.98 Å². The molecule has 0 amide bonds. The standard InChI is InChI=1S/C12H16N4S/c1-2-11-7-16-12(17-11)8-14-6-10-4-3-9(13)5-15-10/h3-5,7,14H,2,6,8,13H2,1H3. The van der Waals surface area contributed by atoms with Crippen molar-refractivity contribution in [3.63, 3.8) is 0 Å². The lowest BCUT2D eigenvalue weighted by Gasteiger charge is -2.02. The zero-order valence-electron chi connectivity index (χ0n) is 9.81. The highest BCUT2D eigenvalue weighted by Crippen LogP contribution is 2.13. The monoisotopic (exact) mass is 248 g/mol. The molecule has 2 aromatic rings. The highest BCUT2D eigenvalue weighted by Gasteiger charge is 2.00. The summed E-state index contributed by atoms with van der Waals surface area (Å²) in [6, 6.07) is 3.80. The number of anilines is 1. The Morgan fingerprint density at radius 1 is 1.24 bits per heavy atom. The molecule has 0 saturated carbocycles. The molecular weight excluding hydrogens is 232 g/mol. The van der Waals surface area contributed by atoms with Gasteiger partial charge in [-0.15, -0.1) is 11.3 Å². The van der Waals surface area contributed by atoms with Crippen molar-refractivity contribution < 1.29 is 0 Å². The number of thiazole rings is 1. The minimum atomic E-state index is 0.696. The van der Waals surface area contributed by atoms with Crippen molar-refractivity contribution in [3.8, 4) is 0 Å². The van der Waals surface area contributed by atoms with Crippen LogP contribution in [-0.2, 0) is 19.5 Å². The summed E-state index contributed by atoms with van der Waals surface area (Å²) in [5, 5.41) is 4.44. The van der Waals surface area contributed by atoms with Crippen LogP contribution < -0.4 is 11.1 Å². The molecule has 3 N–H and O–H groups in total. The molecule has 0 aliphatic heterocycles. The van der Waals surface area contributed by atoms with E-state index in [2.05, 4.69) is 22.2 Å². The first kappa shape index (κ1) is 12.0. The number of nitrogens with two attached hydrogens (primary N) is 1. The summed E-state index contributed by atoms with van der Waals surface area (Å²) in [7, 11) is 0. The Labute approximate surface area is 105 Å². The Hall–Kier alpha value is -1.46. The van der Waals surface area contributed by atoms with Gasteiger partial charge in [0.2, 0.25) is 0 Å². The van der Waals surface area contributed by atoms with E-state index >= 15 is 0 Å². The summed E-state index contributed by atoms with van der Waals surface area (Å²) in [4.78, 5) is 9.90. The molecule has 0 aromatic carbocycles. The Bertz CT molecular complexity index is 464. The van der Waals surface area contributed by atoms with Crippen molar-refractivity contribution in [2.24, 2.45) is 0 Å². The van der Waals surface area contributed by atoms with E-state index in [1.54, 1.807) is 17.5 Å². The van der Waals surface area contributed by atoms with Crippen LogP contribution in [0.2, 0.25) is 0 Å². The fourth-order valence-corrected chi connectivity index (χ4v) is 2.26. The first-order valence-electron chi connectivity index (χ1n) is 5.62. The Balaban J connectivity index is 1.81. The molecule has 0 fully saturated rings. The van der Waals surface area contributed by atoms with E-state index in [1.165, 1.54) is 4.88 Å². The van der Waals surface area contributed by atoms with Crippen LogP contribution in [0, 0.1) is 0 Å². The van der Waals surface area contributed by atoms with E-state index < -0.39 is 0 Å². The lowest BCUT2D eigenvalue weighted by Crippen LogP contribution is -2.13. The topological polar surface area (TPSA) is 63.8 Å². The normalized spacial score (nSPS) is 10.6. The summed E-state index contributed by atoms with van der Waals surface area (Å²) in [6.45, 7) is 3.67. The second-order valence-electron chi connectivity index (χ2n) is 3.76. The van der Waals surface area contributed by atoms with E-state index in [0.717, 1.165) is 30.2 Å². The first-order chi connectivity index (χ1) is 8.28. The molecule has 0 saturated heterocycles. The van der Waals surface area contributed by atoms with E-state index in [-0.39, 0.29) is 0 Å². The number of rotatable bonds is 5. The summed E-state index contributed by atoms with van der Waals surface area (Å²) in [5.41, 5.74) is 7.26. The average molecular weight is 248 g/mol. The van der Waals surface area contributed by atoms with Crippen LogP contribution in [-0.4, -0.2) is 9.97 Å². The lowest BCUT2D eigenvalue weighted by atomic mass is 10.3. The van der Waals surface area contributed by atoms with Gasteiger partial charge in [0.15, 0.2) is 0 Å². The fourth-order valence-electron chi connectivity index (χ4n) is 1.43. The van der Waals surface area contributed by atoms with Crippen LogP contribution in [0.4, 0.5) is 5.69 Å². The number of aryl methyl sites for hydroxylation is 1. The minimum absolute atomic E-state index is 0.696. The molecule has 4 nitrogen and oxygen atoms in total. The van der Waals surface area contributed by atoms with Crippen LogP contribution in [0.3, 0.4) is 0 Å². The van der Waals surface area contributed by atoms with Gasteiger partial charge in [0.25, 0.3) is 0 Å². The molecule has 0 radical (unpaired) electrons. The van der Waals surface area contributed by atoms with Crippen LogP contribution in [0.15, 0.2) is 24.5 Å². The number of pyridine rings is 1. The van der Waals surface area contributed by atoms with Crippen molar-refractivity contribution in [3.05, 3.63) is 40.1 Å². The summed E-state index contributed by atoms with van der Waals surface area (Å²) < 4.78 is 0. The molecule has 0 aliphatic carbocycles. The number of hydrogen-bond acceptors (Lipinski definition) is 5. The molecule has 17 heavy (non-hydrogen) atoms. The third kappa shape index (κ3) is 3.51. The Kier molecular flexibility index (Phi) is 4.06. The van der Waals surface area contributed by atoms with Gasteiger partial charge in [0, 0.05) is 24.2 Å². The fraction of sp³-hybridized carbons (Fsp3) is 0.333. The predicted octanol–water partition coefficient (Wildman–Crippen LogP) is 1.97. The molecule has 2 rings (SSSR count). The SMILES string of the molecule is CCc1cnc(CNCc2ccc(N)cn2)s1. The van der Waals surface area contributed by atoms with Gasteiger partial charge < -0.3 is 11.1 Å². The number of aromatic nitrogens is 2. The van der Waals surface area contributed by atoms with Crippen LogP contribution in [0.1, 0.15) is 22.5 Å². The third-order valence-electron chi connectivity index (χ3n) is 2.38. The second-order valence-corrected chi connectivity index (χ2v) is 4.96. The average Bonchev–Trinajstić information content (AvgIpc) is 2.80. The zero-order valence-corrected chi connectivity index (χ0v) is 10.6.